The van der Waals surface area contributed by atoms with E-state index in [-0.39, 0.29) is 29.7 Å². The van der Waals surface area contributed by atoms with Gasteiger partial charge in [-0.1, -0.05) is 59.2 Å². The number of nitrogens with one attached hydrogen (secondary N) is 2. The number of carbonyl (C=O) groups is 3. The maximum Gasteiger partial charge on any atom is 0.325 e. The van der Waals surface area contributed by atoms with Crippen molar-refractivity contribution in [1.29, 1.82) is 0 Å². The summed E-state index contributed by atoms with van der Waals surface area (Å²) in [5, 5.41) is 5.79. The summed E-state index contributed by atoms with van der Waals surface area (Å²) in [5.74, 6) is 0.184. The number of imide groups is 1. The summed E-state index contributed by atoms with van der Waals surface area (Å²) in [6.45, 7) is 10.6. The van der Waals surface area contributed by atoms with Gasteiger partial charge in [0, 0.05) is 5.69 Å². The summed E-state index contributed by atoms with van der Waals surface area (Å²) in [6, 6.07) is 7.15. The number of hydrogen-bond acceptors (Lipinski definition) is 3. The van der Waals surface area contributed by atoms with E-state index in [2.05, 4.69) is 45.3 Å². The molecule has 1 aromatic carbocycles. The Morgan fingerprint density at radius 1 is 1.23 bits per heavy atom. The predicted molar refractivity (Wildman–Crippen MR) is 118 cm³/mol. The Labute approximate surface area is 179 Å². The molecule has 0 aromatic heterocycles. The van der Waals surface area contributed by atoms with E-state index < -0.39 is 11.6 Å². The van der Waals surface area contributed by atoms with Gasteiger partial charge in [0.1, 0.15) is 12.1 Å². The molecule has 6 heteroatoms. The second-order valence-electron chi connectivity index (χ2n) is 9.81. The van der Waals surface area contributed by atoms with Crippen LogP contribution in [0, 0.1) is 11.3 Å². The van der Waals surface area contributed by atoms with Gasteiger partial charge in [0.25, 0.3) is 5.91 Å². The lowest BCUT2D eigenvalue weighted by Crippen LogP contribution is -2.51. The quantitative estimate of drug-likeness (QED) is 0.666. The van der Waals surface area contributed by atoms with Crippen molar-refractivity contribution in [3.63, 3.8) is 0 Å². The summed E-state index contributed by atoms with van der Waals surface area (Å²) in [4.78, 5) is 39.4. The summed E-state index contributed by atoms with van der Waals surface area (Å²) in [7, 11) is 0. The first-order valence-corrected chi connectivity index (χ1v) is 11.1. The van der Waals surface area contributed by atoms with E-state index in [0.717, 1.165) is 35.4 Å². The third kappa shape index (κ3) is 4.23. The number of nitrogens with zero attached hydrogens (tertiary/aromatic N) is 1. The van der Waals surface area contributed by atoms with Crippen molar-refractivity contribution in [1.82, 2.24) is 10.2 Å². The minimum absolute atomic E-state index is 0.233. The SMILES string of the molecule is CCC(C)(C)C1CCC2(CC1)NC(=O)N(CC(=O)Nc1ccccc1C(C)C)C2=O. The Morgan fingerprint density at radius 2 is 1.87 bits per heavy atom. The van der Waals surface area contributed by atoms with Crippen molar-refractivity contribution in [2.75, 3.05) is 11.9 Å². The monoisotopic (exact) mass is 413 g/mol. The van der Waals surface area contributed by atoms with Crippen LogP contribution in [0.15, 0.2) is 24.3 Å². The molecule has 1 saturated carbocycles. The molecule has 2 fully saturated rings. The molecule has 0 bridgehead atoms. The maximum atomic E-state index is 13.1. The zero-order chi connectivity index (χ0) is 22.1. The van der Waals surface area contributed by atoms with Crippen molar-refractivity contribution in [3.05, 3.63) is 29.8 Å². The van der Waals surface area contributed by atoms with E-state index >= 15 is 0 Å². The Hall–Kier alpha value is -2.37. The van der Waals surface area contributed by atoms with Gasteiger partial charge in [0.05, 0.1) is 0 Å². The summed E-state index contributed by atoms with van der Waals surface area (Å²) in [6.07, 6.45) is 4.19. The molecule has 6 nitrogen and oxygen atoms in total. The van der Waals surface area contributed by atoms with E-state index in [1.165, 1.54) is 0 Å². The van der Waals surface area contributed by atoms with Crippen LogP contribution >= 0.6 is 0 Å². The van der Waals surface area contributed by atoms with Gasteiger partial charge in [-0.2, -0.15) is 0 Å². The van der Waals surface area contributed by atoms with Crippen LogP contribution in [0.1, 0.15) is 78.2 Å². The second kappa shape index (κ2) is 8.40. The van der Waals surface area contributed by atoms with Crippen molar-refractivity contribution in [2.24, 2.45) is 11.3 Å². The van der Waals surface area contributed by atoms with Gasteiger partial charge in [-0.3, -0.25) is 14.5 Å². The van der Waals surface area contributed by atoms with Gasteiger partial charge in [0.15, 0.2) is 0 Å². The van der Waals surface area contributed by atoms with Crippen molar-refractivity contribution in [3.8, 4) is 0 Å². The molecule has 3 rings (SSSR count). The molecule has 1 aliphatic heterocycles. The molecular weight excluding hydrogens is 378 g/mol. The molecule has 1 spiro atoms. The number of carbonyl (C=O) groups excluding carboxylic acids is 3. The highest BCUT2D eigenvalue weighted by Gasteiger charge is 2.53. The first kappa shape index (κ1) is 22.3. The van der Waals surface area contributed by atoms with E-state index in [1.807, 2.05) is 24.3 Å². The largest absolute Gasteiger partial charge is 0.325 e. The molecule has 2 aliphatic rings. The predicted octanol–water partition coefficient (Wildman–Crippen LogP) is 4.67. The van der Waals surface area contributed by atoms with E-state index in [1.54, 1.807) is 0 Å². The first-order valence-electron chi connectivity index (χ1n) is 11.1. The Balaban J connectivity index is 1.66. The minimum Gasteiger partial charge on any atom is -0.324 e. The van der Waals surface area contributed by atoms with E-state index in [0.29, 0.717) is 18.8 Å². The van der Waals surface area contributed by atoms with Crippen molar-refractivity contribution >= 4 is 23.5 Å². The second-order valence-corrected chi connectivity index (χ2v) is 9.81. The van der Waals surface area contributed by atoms with Crippen LogP contribution < -0.4 is 10.6 Å². The molecule has 4 amide bonds. The van der Waals surface area contributed by atoms with E-state index in [9.17, 15) is 14.4 Å². The molecule has 1 heterocycles. The molecule has 0 unspecified atom stereocenters. The molecule has 0 atom stereocenters. The Morgan fingerprint density at radius 3 is 2.47 bits per heavy atom. The lowest BCUT2D eigenvalue weighted by atomic mass is 9.65. The Bertz CT molecular complexity index is 823. The Kier molecular flexibility index (Phi) is 6.25. The van der Waals surface area contributed by atoms with Crippen LogP contribution in [0.3, 0.4) is 0 Å². The molecule has 2 N–H and O–H groups in total. The maximum absolute atomic E-state index is 13.1. The van der Waals surface area contributed by atoms with Crippen molar-refractivity contribution < 1.29 is 14.4 Å². The summed E-state index contributed by atoms with van der Waals surface area (Å²) in [5.41, 5.74) is 1.14. The average molecular weight is 414 g/mol. The molecule has 1 saturated heterocycles. The van der Waals surface area contributed by atoms with Crippen LogP contribution in [-0.4, -0.2) is 34.8 Å². The minimum atomic E-state index is -0.840. The highest BCUT2D eigenvalue weighted by Crippen LogP contribution is 2.45. The topological polar surface area (TPSA) is 78.5 Å². The van der Waals surface area contributed by atoms with Gasteiger partial charge < -0.3 is 10.6 Å². The third-order valence-corrected chi connectivity index (χ3v) is 7.26. The molecule has 1 aromatic rings. The normalized spacial score (nSPS) is 24.5. The third-order valence-electron chi connectivity index (χ3n) is 7.26. The standard InChI is InChI=1S/C24H35N3O3/c1-6-23(4,5)17-11-13-24(14-12-17)21(29)27(22(30)26-24)15-20(28)25-19-10-8-7-9-18(19)16(2)3/h7-10,16-17H,6,11-15H2,1-5H3,(H,25,28)(H,26,30). The average Bonchev–Trinajstić information content (AvgIpc) is 2.92. The lowest BCUT2D eigenvalue weighted by molar-refractivity contribution is -0.135. The number of para-hydroxylation sites is 1. The first-order chi connectivity index (χ1) is 14.1. The molecule has 164 valence electrons. The number of hydrogen-bond donors (Lipinski definition) is 2. The van der Waals surface area contributed by atoms with Crippen LogP contribution in [-0.2, 0) is 9.59 Å². The van der Waals surface area contributed by atoms with Crippen molar-refractivity contribution in [2.45, 2.75) is 78.2 Å². The number of urea groups is 1. The van der Waals surface area contributed by atoms with E-state index in [4.69, 9.17) is 0 Å². The summed E-state index contributed by atoms with van der Waals surface area (Å²) >= 11 is 0. The highest BCUT2D eigenvalue weighted by molar-refractivity contribution is 6.10. The lowest BCUT2D eigenvalue weighted by Gasteiger charge is -2.42. The van der Waals surface area contributed by atoms with Gasteiger partial charge in [-0.05, 0) is 54.6 Å². The van der Waals surface area contributed by atoms with Crippen LogP contribution in [0.5, 0.6) is 0 Å². The number of anilines is 1. The molecule has 0 radical (unpaired) electrons. The number of amides is 4. The molecule has 1 aliphatic carbocycles. The fraction of sp³-hybridized carbons (Fsp3) is 0.625. The zero-order valence-corrected chi connectivity index (χ0v) is 18.9. The number of rotatable bonds is 6. The van der Waals surface area contributed by atoms with Gasteiger partial charge in [-0.25, -0.2) is 4.79 Å². The fourth-order valence-corrected chi connectivity index (χ4v) is 4.79. The molecular formula is C24H35N3O3. The fourth-order valence-electron chi connectivity index (χ4n) is 4.79. The smallest absolute Gasteiger partial charge is 0.324 e. The summed E-state index contributed by atoms with van der Waals surface area (Å²) < 4.78 is 0. The highest BCUT2D eigenvalue weighted by atomic mass is 16.2. The van der Waals surface area contributed by atoms with Crippen LogP contribution in [0.25, 0.3) is 0 Å². The van der Waals surface area contributed by atoms with Gasteiger partial charge in [-0.15, -0.1) is 0 Å². The number of benzene rings is 1. The van der Waals surface area contributed by atoms with Gasteiger partial charge in [0.2, 0.25) is 5.91 Å². The zero-order valence-electron chi connectivity index (χ0n) is 18.9. The van der Waals surface area contributed by atoms with Crippen LogP contribution in [0.2, 0.25) is 0 Å². The molecule has 30 heavy (non-hydrogen) atoms. The van der Waals surface area contributed by atoms with Crippen LogP contribution in [0.4, 0.5) is 10.5 Å². The van der Waals surface area contributed by atoms with Gasteiger partial charge >= 0.3 is 6.03 Å².